The minimum Gasteiger partial charge on any atom is -0.372 e. The number of amides is 1. The molecule has 0 atom stereocenters. The molecule has 0 spiro atoms. The van der Waals surface area contributed by atoms with Crippen molar-refractivity contribution in [1.82, 2.24) is 4.98 Å². The van der Waals surface area contributed by atoms with E-state index in [2.05, 4.69) is 32.7 Å². The lowest BCUT2D eigenvalue weighted by Crippen LogP contribution is -2.17. The van der Waals surface area contributed by atoms with E-state index in [1.165, 1.54) is 24.1 Å². The van der Waals surface area contributed by atoms with Crippen LogP contribution in [0.2, 0.25) is 0 Å². The van der Waals surface area contributed by atoms with Crippen molar-refractivity contribution in [2.24, 2.45) is 0 Å². The van der Waals surface area contributed by atoms with Gasteiger partial charge in [-0.05, 0) is 62.2 Å². The number of carbonyl (C=O) groups is 1. The number of nitrogens with zero attached hydrogens (tertiary/aromatic N) is 2. The smallest absolute Gasteiger partial charge is 0.257 e. The van der Waals surface area contributed by atoms with Gasteiger partial charge in [0.1, 0.15) is 0 Å². The second-order valence-corrected chi connectivity index (χ2v) is 7.15. The molecule has 28 heavy (non-hydrogen) atoms. The number of anilines is 4. The zero-order valence-corrected chi connectivity index (χ0v) is 16.0. The molecule has 1 saturated heterocycles. The first kappa shape index (κ1) is 18.0. The molecule has 2 aromatic carbocycles. The van der Waals surface area contributed by atoms with Gasteiger partial charge in [-0.3, -0.25) is 9.78 Å². The van der Waals surface area contributed by atoms with Crippen molar-refractivity contribution in [3.8, 4) is 0 Å². The SMILES string of the molecule is Cc1ccc(Nc2cncc(C(=O)Nc3ccc(N4CCCC4)cc3)c2)cc1. The van der Waals surface area contributed by atoms with Gasteiger partial charge in [0.05, 0.1) is 17.4 Å². The second-order valence-electron chi connectivity index (χ2n) is 7.15. The average molecular weight is 372 g/mol. The Morgan fingerprint density at radius 2 is 1.57 bits per heavy atom. The van der Waals surface area contributed by atoms with E-state index < -0.39 is 0 Å². The Morgan fingerprint density at radius 3 is 2.29 bits per heavy atom. The van der Waals surface area contributed by atoms with Crippen molar-refractivity contribution in [3.63, 3.8) is 0 Å². The summed E-state index contributed by atoms with van der Waals surface area (Å²) >= 11 is 0. The van der Waals surface area contributed by atoms with E-state index in [1.54, 1.807) is 18.5 Å². The lowest BCUT2D eigenvalue weighted by molar-refractivity contribution is 0.102. The summed E-state index contributed by atoms with van der Waals surface area (Å²) in [6.45, 7) is 4.27. The predicted molar refractivity (Wildman–Crippen MR) is 115 cm³/mol. The Labute approximate surface area is 165 Å². The maximum Gasteiger partial charge on any atom is 0.257 e. The van der Waals surface area contributed by atoms with Crippen LogP contribution in [0.1, 0.15) is 28.8 Å². The van der Waals surface area contributed by atoms with Crippen LogP contribution in [-0.2, 0) is 0 Å². The van der Waals surface area contributed by atoms with Crippen LogP contribution < -0.4 is 15.5 Å². The number of hydrogen-bond donors (Lipinski definition) is 2. The molecule has 1 aliphatic rings. The zero-order valence-electron chi connectivity index (χ0n) is 16.0. The maximum atomic E-state index is 12.6. The summed E-state index contributed by atoms with van der Waals surface area (Å²) in [6.07, 6.45) is 5.78. The third kappa shape index (κ3) is 4.31. The highest BCUT2D eigenvalue weighted by Gasteiger charge is 2.12. The van der Waals surface area contributed by atoms with Gasteiger partial charge in [0.25, 0.3) is 5.91 Å². The summed E-state index contributed by atoms with van der Waals surface area (Å²) in [5.41, 5.74) is 5.45. The highest BCUT2D eigenvalue weighted by atomic mass is 16.1. The molecule has 4 rings (SSSR count). The van der Waals surface area contributed by atoms with Gasteiger partial charge in [0.15, 0.2) is 0 Å². The van der Waals surface area contributed by atoms with Gasteiger partial charge in [0.2, 0.25) is 0 Å². The first-order chi connectivity index (χ1) is 13.7. The lowest BCUT2D eigenvalue weighted by Gasteiger charge is -2.17. The van der Waals surface area contributed by atoms with Crippen LogP contribution in [0.4, 0.5) is 22.7 Å². The van der Waals surface area contributed by atoms with Crippen LogP contribution in [0, 0.1) is 6.92 Å². The number of carbonyl (C=O) groups excluding carboxylic acids is 1. The average Bonchev–Trinajstić information content (AvgIpc) is 3.25. The van der Waals surface area contributed by atoms with Crippen LogP contribution in [0.5, 0.6) is 0 Å². The molecular weight excluding hydrogens is 348 g/mol. The summed E-state index contributed by atoms with van der Waals surface area (Å²) in [5.74, 6) is -0.172. The van der Waals surface area contributed by atoms with Gasteiger partial charge in [-0.25, -0.2) is 0 Å². The van der Waals surface area contributed by atoms with Crippen LogP contribution in [0.3, 0.4) is 0 Å². The number of rotatable bonds is 5. The molecule has 1 fully saturated rings. The van der Waals surface area contributed by atoms with E-state index >= 15 is 0 Å². The summed E-state index contributed by atoms with van der Waals surface area (Å²) < 4.78 is 0. The van der Waals surface area contributed by atoms with Crippen LogP contribution >= 0.6 is 0 Å². The molecule has 5 heteroatoms. The molecule has 5 nitrogen and oxygen atoms in total. The van der Waals surface area contributed by atoms with Gasteiger partial charge in [0, 0.05) is 36.3 Å². The van der Waals surface area contributed by atoms with Crippen molar-refractivity contribution in [1.29, 1.82) is 0 Å². The van der Waals surface area contributed by atoms with Gasteiger partial charge < -0.3 is 15.5 Å². The van der Waals surface area contributed by atoms with Crippen LogP contribution in [-0.4, -0.2) is 24.0 Å². The molecular formula is C23H24N4O. The Kier molecular flexibility index (Phi) is 5.24. The Balaban J connectivity index is 1.42. The highest BCUT2D eigenvalue weighted by molar-refractivity contribution is 6.04. The van der Waals surface area contributed by atoms with Crippen molar-refractivity contribution in [2.45, 2.75) is 19.8 Å². The Morgan fingerprint density at radius 1 is 0.893 bits per heavy atom. The molecule has 0 saturated carbocycles. The van der Waals surface area contributed by atoms with Crippen molar-refractivity contribution in [3.05, 3.63) is 78.1 Å². The topological polar surface area (TPSA) is 57.3 Å². The standard InChI is InChI=1S/C23H24N4O/c1-17-4-6-19(7-5-17)25-21-14-18(15-24-16-21)23(28)26-20-8-10-22(11-9-20)27-12-2-3-13-27/h4-11,14-16,25H,2-3,12-13H2,1H3,(H,26,28). The van der Waals surface area contributed by atoms with E-state index in [0.29, 0.717) is 5.56 Å². The fourth-order valence-electron chi connectivity index (χ4n) is 3.37. The molecule has 2 N–H and O–H groups in total. The maximum absolute atomic E-state index is 12.6. The van der Waals surface area contributed by atoms with Crippen LogP contribution in [0.15, 0.2) is 67.0 Å². The van der Waals surface area contributed by atoms with Crippen LogP contribution in [0.25, 0.3) is 0 Å². The fraction of sp³-hybridized carbons (Fsp3) is 0.217. The van der Waals surface area contributed by atoms with E-state index in [4.69, 9.17) is 0 Å². The summed E-state index contributed by atoms with van der Waals surface area (Å²) in [4.78, 5) is 19.2. The van der Waals surface area contributed by atoms with E-state index in [0.717, 1.165) is 30.2 Å². The molecule has 0 bridgehead atoms. The number of aromatic nitrogens is 1. The van der Waals surface area contributed by atoms with Gasteiger partial charge in [-0.1, -0.05) is 17.7 Å². The first-order valence-electron chi connectivity index (χ1n) is 9.62. The lowest BCUT2D eigenvalue weighted by atomic mass is 10.2. The van der Waals surface area contributed by atoms with E-state index in [-0.39, 0.29) is 5.91 Å². The van der Waals surface area contributed by atoms with Crippen molar-refractivity contribution >= 4 is 28.7 Å². The number of pyridine rings is 1. The normalized spacial score (nSPS) is 13.4. The minimum atomic E-state index is -0.172. The summed E-state index contributed by atoms with van der Waals surface area (Å²) in [6, 6.07) is 17.9. The first-order valence-corrected chi connectivity index (χ1v) is 9.62. The third-order valence-corrected chi connectivity index (χ3v) is 4.94. The highest BCUT2D eigenvalue weighted by Crippen LogP contribution is 2.23. The Bertz CT molecular complexity index is 945. The molecule has 2 heterocycles. The molecule has 1 aliphatic heterocycles. The van der Waals surface area contributed by atoms with Crippen molar-refractivity contribution in [2.75, 3.05) is 28.6 Å². The quantitative estimate of drug-likeness (QED) is 0.663. The molecule has 3 aromatic rings. The number of hydrogen-bond acceptors (Lipinski definition) is 4. The van der Waals surface area contributed by atoms with Crippen molar-refractivity contribution < 1.29 is 4.79 Å². The number of nitrogens with one attached hydrogen (secondary N) is 2. The van der Waals surface area contributed by atoms with Gasteiger partial charge >= 0.3 is 0 Å². The molecule has 142 valence electrons. The molecule has 0 unspecified atom stereocenters. The fourth-order valence-corrected chi connectivity index (χ4v) is 3.37. The third-order valence-electron chi connectivity index (χ3n) is 4.94. The Hall–Kier alpha value is -3.34. The monoisotopic (exact) mass is 372 g/mol. The molecule has 1 amide bonds. The number of aryl methyl sites for hydroxylation is 1. The predicted octanol–water partition coefficient (Wildman–Crippen LogP) is 4.99. The summed E-state index contributed by atoms with van der Waals surface area (Å²) in [7, 11) is 0. The summed E-state index contributed by atoms with van der Waals surface area (Å²) in [5, 5.41) is 6.23. The zero-order chi connectivity index (χ0) is 19.3. The minimum absolute atomic E-state index is 0.172. The largest absolute Gasteiger partial charge is 0.372 e. The molecule has 1 aromatic heterocycles. The van der Waals surface area contributed by atoms with Gasteiger partial charge in [-0.15, -0.1) is 0 Å². The van der Waals surface area contributed by atoms with E-state index in [9.17, 15) is 4.79 Å². The molecule has 0 radical (unpaired) electrons. The number of benzene rings is 2. The van der Waals surface area contributed by atoms with E-state index in [1.807, 2.05) is 43.3 Å². The molecule has 0 aliphatic carbocycles. The second kappa shape index (κ2) is 8.13. The van der Waals surface area contributed by atoms with Gasteiger partial charge in [-0.2, -0.15) is 0 Å².